The van der Waals surface area contributed by atoms with Crippen LogP contribution in [0.1, 0.15) is 52.4 Å². The number of rotatable bonds is 2. The van der Waals surface area contributed by atoms with Gasteiger partial charge in [0.05, 0.1) is 6.10 Å². The molecule has 1 N–H and O–H groups in total. The maximum Gasteiger partial charge on any atom is 0.0773 e. The quantitative estimate of drug-likeness (QED) is 0.702. The average molecular weight is 234 g/mol. The topological polar surface area (TPSA) is 20.2 Å². The Morgan fingerprint density at radius 3 is 2.00 bits per heavy atom. The molecule has 0 fully saturated rings. The highest BCUT2D eigenvalue weighted by atomic mass is 16.3. The third-order valence-corrected chi connectivity index (χ3v) is 3.18. The monoisotopic (exact) mass is 234 g/mol. The zero-order chi connectivity index (χ0) is 12.5. The summed E-state index contributed by atoms with van der Waals surface area (Å²) in [5, 5.41) is 10.1. The molecule has 0 bridgehead atoms. The van der Waals surface area contributed by atoms with Gasteiger partial charge in [-0.3, -0.25) is 0 Å². The summed E-state index contributed by atoms with van der Waals surface area (Å²) in [5.41, 5.74) is 1.22. The molecule has 0 amide bonds. The molecule has 1 unspecified atom stereocenters. The van der Waals surface area contributed by atoms with Crippen LogP contribution in [0.5, 0.6) is 0 Å². The summed E-state index contributed by atoms with van der Waals surface area (Å²) in [5.74, 6) is 0.314. The second kappa shape index (κ2) is 8.30. The third-order valence-electron chi connectivity index (χ3n) is 3.18. The van der Waals surface area contributed by atoms with E-state index >= 15 is 0 Å². The van der Waals surface area contributed by atoms with Gasteiger partial charge in [0.15, 0.2) is 0 Å². The molecule has 0 aromatic carbocycles. The fourth-order valence-electron chi connectivity index (χ4n) is 2.08. The molecule has 0 aliphatic heterocycles. The number of aliphatic hydroxyl groups is 1. The standard InChI is InChI=1S/C16H26O/c1-14(2)16(17)15-12-10-8-6-4-3-5-7-9-11-13-15/h4,6-7,9,12,14,16-17H,3,5,8,10-11,13H2,1-2H3/b6-4+,9-7+,15-12-. The van der Waals surface area contributed by atoms with E-state index in [1.54, 1.807) is 0 Å². The SMILES string of the molecule is CC(C)C(O)/C1=C\CC/C=C/CC/C=C/CC1. The molecule has 0 heterocycles. The van der Waals surface area contributed by atoms with Gasteiger partial charge in [0, 0.05) is 0 Å². The largest absolute Gasteiger partial charge is 0.388 e. The normalized spacial score (nSPS) is 27.4. The third kappa shape index (κ3) is 5.88. The first-order valence-corrected chi connectivity index (χ1v) is 6.89. The van der Waals surface area contributed by atoms with E-state index < -0.39 is 0 Å². The van der Waals surface area contributed by atoms with E-state index in [4.69, 9.17) is 0 Å². The van der Waals surface area contributed by atoms with Crippen molar-refractivity contribution in [3.8, 4) is 0 Å². The van der Waals surface area contributed by atoms with Crippen LogP contribution < -0.4 is 0 Å². The van der Waals surface area contributed by atoms with Gasteiger partial charge in [-0.05, 0) is 50.0 Å². The van der Waals surface area contributed by atoms with Crippen molar-refractivity contribution in [1.29, 1.82) is 0 Å². The Hall–Kier alpha value is -0.820. The molecular formula is C16H26O. The Morgan fingerprint density at radius 2 is 1.41 bits per heavy atom. The Morgan fingerprint density at radius 1 is 0.882 bits per heavy atom. The predicted octanol–water partition coefficient (Wildman–Crippen LogP) is 4.40. The summed E-state index contributed by atoms with van der Waals surface area (Å²) in [4.78, 5) is 0. The van der Waals surface area contributed by atoms with Crippen LogP contribution in [0.2, 0.25) is 0 Å². The van der Waals surface area contributed by atoms with E-state index in [1.165, 1.54) is 5.57 Å². The van der Waals surface area contributed by atoms with Gasteiger partial charge in [0.2, 0.25) is 0 Å². The molecule has 1 atom stereocenters. The minimum atomic E-state index is -0.268. The molecule has 0 aromatic rings. The molecule has 1 rings (SSSR count). The molecule has 0 aromatic heterocycles. The Bertz CT molecular complexity index is 284. The van der Waals surface area contributed by atoms with Crippen LogP contribution in [-0.2, 0) is 0 Å². The molecule has 17 heavy (non-hydrogen) atoms. The van der Waals surface area contributed by atoms with Gasteiger partial charge in [0.25, 0.3) is 0 Å². The van der Waals surface area contributed by atoms with Crippen LogP contribution in [0.25, 0.3) is 0 Å². The summed E-state index contributed by atoms with van der Waals surface area (Å²) in [6.45, 7) is 4.16. The van der Waals surface area contributed by atoms with Crippen LogP contribution >= 0.6 is 0 Å². The van der Waals surface area contributed by atoms with Crippen LogP contribution in [0.4, 0.5) is 0 Å². The fraction of sp³-hybridized carbons (Fsp3) is 0.625. The van der Waals surface area contributed by atoms with E-state index in [2.05, 4.69) is 44.2 Å². The molecule has 1 nitrogen and oxygen atoms in total. The smallest absolute Gasteiger partial charge is 0.0773 e. The summed E-state index contributed by atoms with van der Waals surface area (Å²) in [6, 6.07) is 0. The van der Waals surface area contributed by atoms with Crippen molar-refractivity contribution in [2.75, 3.05) is 0 Å². The molecular weight excluding hydrogens is 208 g/mol. The number of hydrogen-bond donors (Lipinski definition) is 1. The van der Waals surface area contributed by atoms with Crippen LogP contribution in [0, 0.1) is 5.92 Å². The van der Waals surface area contributed by atoms with E-state index in [9.17, 15) is 5.11 Å². The van der Waals surface area contributed by atoms with Gasteiger partial charge in [0.1, 0.15) is 0 Å². The summed E-state index contributed by atoms with van der Waals surface area (Å²) < 4.78 is 0. The minimum Gasteiger partial charge on any atom is -0.388 e. The van der Waals surface area contributed by atoms with Crippen molar-refractivity contribution in [3.05, 3.63) is 36.0 Å². The van der Waals surface area contributed by atoms with Crippen molar-refractivity contribution in [2.45, 2.75) is 58.5 Å². The molecule has 1 aliphatic carbocycles. The van der Waals surface area contributed by atoms with E-state index in [1.807, 2.05) is 0 Å². The van der Waals surface area contributed by atoms with Gasteiger partial charge >= 0.3 is 0 Å². The average Bonchev–Trinajstić information content (AvgIpc) is 2.29. The van der Waals surface area contributed by atoms with Crippen molar-refractivity contribution in [1.82, 2.24) is 0 Å². The van der Waals surface area contributed by atoms with Crippen molar-refractivity contribution >= 4 is 0 Å². The maximum absolute atomic E-state index is 10.1. The maximum atomic E-state index is 10.1. The number of hydrogen-bond acceptors (Lipinski definition) is 1. The summed E-state index contributed by atoms with van der Waals surface area (Å²) in [7, 11) is 0. The summed E-state index contributed by atoms with van der Waals surface area (Å²) >= 11 is 0. The lowest BCUT2D eigenvalue weighted by Crippen LogP contribution is -2.17. The van der Waals surface area contributed by atoms with Gasteiger partial charge in [-0.15, -0.1) is 0 Å². The highest BCUT2D eigenvalue weighted by molar-refractivity contribution is 5.11. The second-order valence-electron chi connectivity index (χ2n) is 5.10. The van der Waals surface area contributed by atoms with Crippen molar-refractivity contribution in [3.63, 3.8) is 0 Å². The van der Waals surface area contributed by atoms with Gasteiger partial charge in [-0.2, -0.15) is 0 Å². The predicted molar refractivity (Wildman–Crippen MR) is 74.9 cm³/mol. The molecule has 0 spiro atoms. The fourth-order valence-corrected chi connectivity index (χ4v) is 2.08. The van der Waals surface area contributed by atoms with E-state index in [0.717, 1.165) is 38.5 Å². The van der Waals surface area contributed by atoms with Crippen LogP contribution in [-0.4, -0.2) is 11.2 Å². The zero-order valence-corrected chi connectivity index (χ0v) is 11.2. The highest BCUT2D eigenvalue weighted by Crippen LogP contribution is 2.19. The van der Waals surface area contributed by atoms with E-state index in [0.29, 0.717) is 5.92 Å². The van der Waals surface area contributed by atoms with Crippen molar-refractivity contribution in [2.24, 2.45) is 5.92 Å². The molecule has 96 valence electrons. The zero-order valence-electron chi connectivity index (χ0n) is 11.2. The van der Waals surface area contributed by atoms with Crippen LogP contribution in [0.15, 0.2) is 36.0 Å². The van der Waals surface area contributed by atoms with Gasteiger partial charge < -0.3 is 5.11 Å². The number of aliphatic hydroxyl groups excluding tert-OH is 1. The van der Waals surface area contributed by atoms with Crippen molar-refractivity contribution < 1.29 is 5.11 Å². The molecule has 1 aliphatic rings. The van der Waals surface area contributed by atoms with Gasteiger partial charge in [-0.1, -0.05) is 44.2 Å². The second-order valence-corrected chi connectivity index (χ2v) is 5.10. The first-order chi connectivity index (χ1) is 8.22. The minimum absolute atomic E-state index is 0.268. The molecule has 0 saturated heterocycles. The van der Waals surface area contributed by atoms with Gasteiger partial charge in [-0.25, -0.2) is 0 Å². The Labute approximate surface area is 106 Å². The Kier molecular flexibility index (Phi) is 6.95. The lowest BCUT2D eigenvalue weighted by molar-refractivity contribution is 0.156. The lowest BCUT2D eigenvalue weighted by Gasteiger charge is -2.18. The van der Waals surface area contributed by atoms with E-state index in [-0.39, 0.29) is 6.10 Å². The first kappa shape index (κ1) is 14.2. The summed E-state index contributed by atoms with van der Waals surface area (Å²) in [6.07, 6.45) is 17.5. The highest BCUT2D eigenvalue weighted by Gasteiger charge is 2.13. The molecule has 0 radical (unpaired) electrons. The molecule has 0 saturated carbocycles. The lowest BCUT2D eigenvalue weighted by atomic mass is 9.94. The Balaban J connectivity index is 2.64. The first-order valence-electron chi connectivity index (χ1n) is 6.89. The van der Waals surface area contributed by atoms with Crippen LogP contribution in [0.3, 0.4) is 0 Å². The molecule has 1 heteroatoms. The number of allylic oxidation sites excluding steroid dienone is 5.